The Bertz CT molecular complexity index is 132. The minimum absolute atomic E-state index is 0. The second-order valence-corrected chi connectivity index (χ2v) is 2.09. The van der Waals surface area contributed by atoms with Crippen molar-refractivity contribution in [2.24, 2.45) is 0 Å². The molecule has 0 saturated carbocycles. The number of rotatable bonds is 2. The van der Waals surface area contributed by atoms with Crippen molar-refractivity contribution in [3.8, 4) is 0 Å². The molecule has 0 fully saturated rings. The topological polar surface area (TPSA) is 43.4 Å². The summed E-state index contributed by atoms with van der Waals surface area (Å²) < 4.78 is 3.88. The first kappa shape index (κ1) is 48.3. The van der Waals surface area contributed by atoms with Crippen molar-refractivity contribution in [1.29, 1.82) is 0 Å². The first-order valence-corrected chi connectivity index (χ1v) is 3.78. The van der Waals surface area contributed by atoms with E-state index in [9.17, 15) is 9.59 Å². The summed E-state index contributed by atoms with van der Waals surface area (Å²) in [4.78, 5) is 19.2. The molecule has 0 aliphatic rings. The molecule has 94 valence electrons. The van der Waals surface area contributed by atoms with E-state index in [0.717, 1.165) is 0 Å². The quantitative estimate of drug-likeness (QED) is 0.187. The summed E-state index contributed by atoms with van der Waals surface area (Å²) >= 11 is 14.5. The van der Waals surface area contributed by atoms with Crippen LogP contribution in [-0.2, 0) is 14.3 Å². The predicted molar refractivity (Wildman–Crippen MR) is 63.0 cm³/mol. The van der Waals surface area contributed by atoms with E-state index >= 15 is 0 Å². The molecule has 0 aliphatic carbocycles. The Kier molecular flexibility index (Phi) is 115. The van der Waals surface area contributed by atoms with Gasteiger partial charge in [0.15, 0.2) is 0 Å². The smallest absolute Gasteiger partial charge is 0.289 e. The Balaban J connectivity index is -0.0000000155. The van der Waals surface area contributed by atoms with Gasteiger partial charge < -0.3 is 27.0 Å². The van der Waals surface area contributed by atoms with Gasteiger partial charge in [0.2, 0.25) is 5.24 Å². The molecule has 0 radical (unpaired) electrons. The van der Waals surface area contributed by atoms with E-state index in [0.29, 0.717) is 0 Å². The first-order valence-electron chi connectivity index (χ1n) is 2.33. The number of alkyl halides is 2. The average molecular weight is 802 g/mol. The van der Waals surface area contributed by atoms with E-state index in [2.05, 4.69) is 11.8 Å². The minimum Gasteiger partial charge on any atom is -0.639 e. The van der Waals surface area contributed by atoms with Gasteiger partial charge in [-0.2, -0.15) is 7.11 Å². The molecule has 0 heterocycles. The molecular formula is C8H15Cl3Db2O3-4. The fourth-order valence-corrected chi connectivity index (χ4v) is 0.116. The van der Waals surface area contributed by atoms with Gasteiger partial charge in [-0.25, -0.2) is 0 Å². The molecule has 3 nitrogen and oxygen atoms in total. The van der Waals surface area contributed by atoms with Crippen molar-refractivity contribution >= 4 is 46.0 Å². The largest absolute Gasteiger partial charge is 0.639 e. The van der Waals surface area contributed by atoms with Crippen LogP contribution in [0.15, 0.2) is 0 Å². The van der Waals surface area contributed by atoms with Gasteiger partial charge in [0.05, 0.1) is 5.88 Å². The summed E-state index contributed by atoms with van der Waals surface area (Å²) in [5.74, 6) is -0.720. The summed E-state index contributed by atoms with van der Waals surface area (Å²) in [6, 6.07) is 0. The van der Waals surface area contributed by atoms with Crippen LogP contribution in [0.3, 0.4) is 0 Å². The standard InChI is InChI=1S/C3H4ClO2.C2H2Cl2O.3CH3.2Db/c1-6-3(5)2-4;3-1-2(4)5;;;;;/h1-2H2;1H2;3*1H3;;/q-1;;3*-1;;. The van der Waals surface area contributed by atoms with E-state index in [4.69, 9.17) is 34.8 Å². The second-order valence-electron chi connectivity index (χ2n) is 1.14. The van der Waals surface area contributed by atoms with Crippen molar-refractivity contribution in [3.05, 3.63) is 29.4 Å². The third-order valence-corrected chi connectivity index (χ3v) is 1.11. The number of ether oxygens (including phenoxy) is 1. The Hall–Kier alpha value is -1.99. The molecule has 0 aromatic heterocycles. The van der Waals surface area contributed by atoms with E-state index in [1.54, 1.807) is 0 Å². The van der Waals surface area contributed by atoms with Crippen LogP contribution in [0.25, 0.3) is 0 Å². The van der Waals surface area contributed by atoms with Crippen LogP contribution in [0.5, 0.6) is 0 Å². The molecule has 0 atom stereocenters. The number of hydrogen-bond acceptors (Lipinski definition) is 3. The van der Waals surface area contributed by atoms with Gasteiger partial charge in [-0.05, 0) is 11.6 Å². The molecule has 0 unspecified atom stereocenters. The van der Waals surface area contributed by atoms with Crippen molar-refractivity contribution in [1.82, 2.24) is 0 Å². The molecule has 0 aromatic rings. The van der Waals surface area contributed by atoms with Crippen LogP contribution < -0.4 is 0 Å². The number of carbonyl (C=O) groups is 2. The van der Waals surface area contributed by atoms with E-state index in [1.807, 2.05) is 0 Å². The van der Waals surface area contributed by atoms with Crippen molar-refractivity contribution in [2.45, 2.75) is 0 Å². The zero-order valence-corrected chi connectivity index (χ0v) is 25.0. The average Bonchev–Trinajstić information content (AvgIpc) is 2.04. The van der Waals surface area contributed by atoms with Crippen LogP contribution in [-0.4, -0.2) is 23.0 Å². The molecule has 0 amide bonds. The summed E-state index contributed by atoms with van der Waals surface area (Å²) in [5, 5.41) is -0.508. The molecule has 16 heavy (non-hydrogen) atoms. The van der Waals surface area contributed by atoms with Gasteiger partial charge in [0.1, 0.15) is 5.88 Å². The third kappa shape index (κ3) is 90.5. The number of halogens is 3. The van der Waals surface area contributed by atoms with Gasteiger partial charge in [0, 0.05) is 0 Å². The minimum atomic E-state index is -0.508. The summed E-state index contributed by atoms with van der Waals surface area (Å²) in [5.41, 5.74) is 0. The normalized spacial score (nSPS) is 5.25. The van der Waals surface area contributed by atoms with Gasteiger partial charge in [-0.15, -0.1) is 23.2 Å². The van der Waals surface area contributed by atoms with Crippen LogP contribution in [0.4, 0.5) is 0 Å². The molecule has 0 N–H and O–H groups in total. The maximum absolute atomic E-state index is 9.76. The summed E-state index contributed by atoms with van der Waals surface area (Å²) in [6.07, 6.45) is 0. The molecule has 0 bridgehead atoms. The maximum Gasteiger partial charge on any atom is 0.289 e. The van der Waals surface area contributed by atoms with Gasteiger partial charge >= 0.3 is 0 Å². The zero-order valence-electron chi connectivity index (χ0n) is 9.89. The fourth-order valence-electron chi connectivity index (χ4n) is 0.0386. The zero-order chi connectivity index (χ0) is 9.28. The van der Waals surface area contributed by atoms with Crippen LogP contribution in [0, 0.1) is 29.4 Å². The Morgan fingerprint density at radius 3 is 1.25 bits per heavy atom. The number of esters is 1. The number of carbonyl (C=O) groups excluding carboxylic acids is 2. The molecule has 0 spiro atoms. The number of hydrogen-bond donors (Lipinski definition) is 0. The Morgan fingerprint density at radius 1 is 1.00 bits per heavy atom. The van der Waals surface area contributed by atoms with E-state index < -0.39 is 11.2 Å². The first-order chi connectivity index (χ1) is 5.08. The Morgan fingerprint density at radius 2 is 1.25 bits per heavy atom. The second kappa shape index (κ2) is 38.2. The monoisotopic (exact) mass is 800 g/mol. The van der Waals surface area contributed by atoms with Crippen molar-refractivity contribution < 1.29 is 14.3 Å². The van der Waals surface area contributed by atoms with Crippen molar-refractivity contribution in [2.75, 3.05) is 11.8 Å². The maximum atomic E-state index is 9.76. The van der Waals surface area contributed by atoms with Crippen LogP contribution >= 0.6 is 34.8 Å². The predicted octanol–water partition coefficient (Wildman–Crippen LogP) is 2.90. The molecular weight excluding hydrogens is 786 g/mol. The van der Waals surface area contributed by atoms with Crippen molar-refractivity contribution in [3.63, 3.8) is 0 Å². The van der Waals surface area contributed by atoms with Crippen LogP contribution in [0.1, 0.15) is 0 Å². The Labute approximate surface area is 102 Å². The molecule has 0 aromatic carbocycles. The summed E-state index contributed by atoms with van der Waals surface area (Å²) in [7, 11) is 2.82. The third-order valence-electron chi connectivity index (χ3n) is 0.375. The molecule has 8 heteroatoms. The molecule has 0 saturated heterocycles. The SMILES string of the molecule is O=C(Cl)CCl.[CH2-]OC(=O)CCl.[CH3-].[CH3-].[CH3-].[Db].[Db]. The van der Waals surface area contributed by atoms with Crippen LogP contribution in [0.2, 0.25) is 0 Å². The van der Waals surface area contributed by atoms with Gasteiger partial charge in [0.25, 0.3) is 5.97 Å². The fraction of sp³-hybridized carbons (Fsp3) is 0.250. The van der Waals surface area contributed by atoms with Gasteiger partial charge in [-0.1, -0.05) is 0 Å². The van der Waals surface area contributed by atoms with E-state index in [1.165, 1.54) is 0 Å². The van der Waals surface area contributed by atoms with Gasteiger partial charge in [-0.3, -0.25) is 9.59 Å². The molecule has 0 rings (SSSR count). The summed E-state index contributed by atoms with van der Waals surface area (Å²) in [6.45, 7) is 0. The van der Waals surface area contributed by atoms with E-state index in [-0.39, 0.29) is 34.0 Å². The molecule has 0 aliphatic heterocycles.